The first kappa shape index (κ1) is 15.3. The maximum Gasteiger partial charge on any atom is 0.240 e. The van der Waals surface area contributed by atoms with Crippen LogP contribution in [0.15, 0.2) is 17.0 Å². The smallest absolute Gasteiger partial charge is 0.240 e. The number of nitrogens with two attached hydrogens (primary N) is 1. The highest BCUT2D eigenvalue weighted by Crippen LogP contribution is 2.26. The minimum Gasteiger partial charge on any atom is -0.398 e. The van der Waals surface area contributed by atoms with Crippen molar-refractivity contribution < 1.29 is 13.5 Å². The van der Waals surface area contributed by atoms with Gasteiger partial charge in [0.15, 0.2) is 0 Å². The second-order valence-corrected chi connectivity index (χ2v) is 7.32. The van der Waals surface area contributed by atoms with Crippen LogP contribution in [0, 0.1) is 19.8 Å². The summed E-state index contributed by atoms with van der Waals surface area (Å²) in [6.07, 6.45) is 2.16. The number of anilines is 1. The lowest BCUT2D eigenvalue weighted by Gasteiger charge is -2.17. The number of aliphatic hydroxyl groups is 1. The van der Waals surface area contributed by atoms with Crippen LogP contribution in [0.25, 0.3) is 0 Å². The van der Waals surface area contributed by atoms with Gasteiger partial charge in [0.05, 0.1) is 11.0 Å². The Morgan fingerprint density at radius 3 is 2.65 bits per heavy atom. The topological polar surface area (TPSA) is 92.4 Å². The minimum atomic E-state index is -3.59. The van der Waals surface area contributed by atoms with E-state index in [0.29, 0.717) is 11.3 Å². The van der Waals surface area contributed by atoms with Gasteiger partial charge < -0.3 is 10.8 Å². The standard InChI is InChI=1S/C14H22N2O3S/c1-9-6-12(15)10(2)14(7-9)20(18,19)16-8-11-4-3-5-13(11)17/h6-7,11,13,16-17H,3-5,8,15H2,1-2H3. The molecular formula is C14H22N2O3S. The molecule has 112 valence electrons. The summed E-state index contributed by atoms with van der Waals surface area (Å²) in [5.41, 5.74) is 7.68. The van der Waals surface area contributed by atoms with Gasteiger partial charge in [-0.1, -0.05) is 6.42 Å². The summed E-state index contributed by atoms with van der Waals surface area (Å²) in [6.45, 7) is 3.79. The van der Waals surface area contributed by atoms with Gasteiger partial charge in [-0.25, -0.2) is 13.1 Å². The molecule has 0 aliphatic heterocycles. The Bertz CT molecular complexity index is 599. The average Bonchev–Trinajstić information content (AvgIpc) is 2.77. The number of rotatable bonds is 4. The summed E-state index contributed by atoms with van der Waals surface area (Å²) in [5, 5.41) is 9.74. The van der Waals surface area contributed by atoms with Crippen LogP contribution in [0.2, 0.25) is 0 Å². The molecule has 0 heterocycles. The highest BCUT2D eigenvalue weighted by atomic mass is 32.2. The molecule has 0 bridgehead atoms. The third kappa shape index (κ3) is 3.13. The molecule has 1 aliphatic carbocycles. The van der Waals surface area contributed by atoms with Crippen molar-refractivity contribution in [1.29, 1.82) is 0 Å². The van der Waals surface area contributed by atoms with Gasteiger partial charge in [-0.3, -0.25) is 0 Å². The monoisotopic (exact) mass is 298 g/mol. The summed E-state index contributed by atoms with van der Waals surface area (Å²) in [6, 6.07) is 3.38. The third-order valence-electron chi connectivity index (χ3n) is 3.99. The average molecular weight is 298 g/mol. The quantitative estimate of drug-likeness (QED) is 0.731. The van der Waals surface area contributed by atoms with Crippen molar-refractivity contribution in [2.24, 2.45) is 5.92 Å². The largest absolute Gasteiger partial charge is 0.398 e. The molecule has 1 aromatic rings. The summed E-state index contributed by atoms with van der Waals surface area (Å²) in [5.74, 6) is 0.00670. The number of benzene rings is 1. The van der Waals surface area contributed by atoms with Gasteiger partial charge in [-0.05, 0) is 55.9 Å². The Morgan fingerprint density at radius 2 is 2.05 bits per heavy atom. The maximum absolute atomic E-state index is 12.4. The van der Waals surface area contributed by atoms with E-state index in [9.17, 15) is 13.5 Å². The fourth-order valence-corrected chi connectivity index (χ4v) is 4.13. The van der Waals surface area contributed by atoms with E-state index >= 15 is 0 Å². The van der Waals surface area contributed by atoms with Crippen molar-refractivity contribution in [2.75, 3.05) is 12.3 Å². The Hall–Kier alpha value is -1.11. The maximum atomic E-state index is 12.4. The molecule has 2 atom stereocenters. The van der Waals surface area contributed by atoms with E-state index in [2.05, 4.69) is 4.72 Å². The number of nitrogen functional groups attached to an aromatic ring is 1. The van der Waals surface area contributed by atoms with Gasteiger partial charge in [0, 0.05) is 12.2 Å². The second kappa shape index (κ2) is 5.71. The molecule has 2 unspecified atom stereocenters. The number of aliphatic hydroxyl groups excluding tert-OH is 1. The lowest BCUT2D eigenvalue weighted by molar-refractivity contribution is 0.134. The molecule has 1 fully saturated rings. The minimum absolute atomic E-state index is 0.00670. The fourth-order valence-electron chi connectivity index (χ4n) is 2.68. The summed E-state index contributed by atoms with van der Waals surface area (Å²) in [7, 11) is -3.59. The fraction of sp³-hybridized carbons (Fsp3) is 0.571. The van der Waals surface area contributed by atoms with E-state index in [1.165, 1.54) is 0 Å². The number of nitrogens with one attached hydrogen (secondary N) is 1. The first-order chi connectivity index (χ1) is 9.31. The normalized spacial score (nSPS) is 23.1. The van der Waals surface area contributed by atoms with Crippen LogP contribution in [0.1, 0.15) is 30.4 Å². The van der Waals surface area contributed by atoms with Gasteiger partial charge in [0.25, 0.3) is 0 Å². The molecular weight excluding hydrogens is 276 g/mol. The number of sulfonamides is 1. The Kier molecular flexibility index (Phi) is 4.36. The van der Waals surface area contributed by atoms with Crippen LogP contribution in [0.5, 0.6) is 0 Å². The summed E-state index contributed by atoms with van der Waals surface area (Å²) < 4.78 is 27.3. The van der Waals surface area contributed by atoms with Crippen molar-refractivity contribution in [3.8, 4) is 0 Å². The molecule has 0 radical (unpaired) electrons. The van der Waals surface area contributed by atoms with E-state index in [1.807, 2.05) is 6.92 Å². The van der Waals surface area contributed by atoms with E-state index < -0.39 is 16.1 Å². The number of hydrogen-bond acceptors (Lipinski definition) is 4. The predicted octanol–water partition coefficient (Wildman–Crippen LogP) is 1.32. The van der Waals surface area contributed by atoms with Crippen LogP contribution >= 0.6 is 0 Å². The van der Waals surface area contributed by atoms with Crippen LogP contribution in [0.3, 0.4) is 0 Å². The Morgan fingerprint density at radius 1 is 1.35 bits per heavy atom. The molecule has 1 aromatic carbocycles. The van der Waals surface area contributed by atoms with Crippen LogP contribution in [-0.2, 0) is 10.0 Å². The molecule has 2 rings (SSSR count). The van der Waals surface area contributed by atoms with Crippen molar-refractivity contribution in [1.82, 2.24) is 4.72 Å². The van der Waals surface area contributed by atoms with E-state index in [1.54, 1.807) is 19.1 Å². The zero-order valence-electron chi connectivity index (χ0n) is 11.9. The number of hydrogen-bond donors (Lipinski definition) is 3. The van der Waals surface area contributed by atoms with Crippen molar-refractivity contribution in [2.45, 2.75) is 44.1 Å². The predicted molar refractivity (Wildman–Crippen MR) is 78.9 cm³/mol. The Balaban J connectivity index is 2.18. The van der Waals surface area contributed by atoms with E-state index in [-0.39, 0.29) is 17.4 Å². The first-order valence-corrected chi connectivity index (χ1v) is 8.34. The van der Waals surface area contributed by atoms with Crippen molar-refractivity contribution in [3.63, 3.8) is 0 Å². The molecule has 20 heavy (non-hydrogen) atoms. The van der Waals surface area contributed by atoms with Gasteiger partial charge >= 0.3 is 0 Å². The van der Waals surface area contributed by atoms with Gasteiger partial charge in [-0.2, -0.15) is 0 Å². The van der Waals surface area contributed by atoms with Gasteiger partial charge in [-0.15, -0.1) is 0 Å². The number of aryl methyl sites for hydroxylation is 1. The van der Waals surface area contributed by atoms with Gasteiger partial charge in [0.1, 0.15) is 0 Å². The lowest BCUT2D eigenvalue weighted by Crippen LogP contribution is -2.33. The highest BCUT2D eigenvalue weighted by molar-refractivity contribution is 7.89. The third-order valence-corrected chi connectivity index (χ3v) is 5.54. The lowest BCUT2D eigenvalue weighted by atomic mass is 10.1. The molecule has 0 amide bonds. The molecule has 0 aromatic heterocycles. The Labute approximate surface area is 120 Å². The highest BCUT2D eigenvalue weighted by Gasteiger charge is 2.27. The SMILES string of the molecule is Cc1cc(N)c(C)c(S(=O)(=O)NCC2CCCC2O)c1. The molecule has 1 saturated carbocycles. The van der Waals surface area contributed by atoms with Crippen molar-refractivity contribution >= 4 is 15.7 Å². The molecule has 0 spiro atoms. The molecule has 5 nitrogen and oxygen atoms in total. The van der Waals surface area contributed by atoms with E-state index in [4.69, 9.17) is 5.73 Å². The van der Waals surface area contributed by atoms with Crippen LogP contribution < -0.4 is 10.5 Å². The molecule has 6 heteroatoms. The molecule has 0 saturated heterocycles. The summed E-state index contributed by atoms with van der Waals surface area (Å²) in [4.78, 5) is 0.225. The molecule has 4 N–H and O–H groups in total. The van der Waals surface area contributed by atoms with Crippen molar-refractivity contribution in [3.05, 3.63) is 23.3 Å². The van der Waals surface area contributed by atoms with Crippen LogP contribution in [0.4, 0.5) is 5.69 Å². The summed E-state index contributed by atoms with van der Waals surface area (Å²) >= 11 is 0. The molecule has 1 aliphatic rings. The zero-order valence-corrected chi connectivity index (χ0v) is 12.7. The zero-order chi connectivity index (χ0) is 14.9. The van der Waals surface area contributed by atoms with E-state index in [0.717, 1.165) is 24.8 Å². The first-order valence-electron chi connectivity index (χ1n) is 6.85. The van der Waals surface area contributed by atoms with Crippen LogP contribution in [-0.4, -0.2) is 26.2 Å². The second-order valence-electron chi connectivity index (χ2n) is 5.59. The van der Waals surface area contributed by atoms with Gasteiger partial charge in [0.2, 0.25) is 10.0 Å².